The molecule has 10 heteroatoms. The fourth-order valence-corrected chi connectivity index (χ4v) is 3.52. The molecule has 0 spiro atoms. The van der Waals surface area contributed by atoms with E-state index < -0.39 is 6.03 Å². The highest BCUT2D eigenvalue weighted by Crippen LogP contribution is 2.28. The Morgan fingerprint density at radius 2 is 1.86 bits per heavy atom. The first-order valence-corrected chi connectivity index (χ1v) is 12.1. The lowest BCUT2D eigenvalue weighted by Gasteiger charge is -2.14. The SMILES string of the molecule is COc1ccc(CCCC(=O)NCCCOc2ccc(Cl)cc2NC(=O)Nc2ccc(C#N)cn2)cc1. The summed E-state index contributed by atoms with van der Waals surface area (Å²) in [5.41, 5.74) is 1.94. The van der Waals surface area contributed by atoms with E-state index in [1.807, 2.05) is 30.3 Å². The van der Waals surface area contributed by atoms with Crippen molar-refractivity contribution in [2.45, 2.75) is 25.7 Å². The number of carbonyl (C=O) groups excluding carboxylic acids is 2. The van der Waals surface area contributed by atoms with Crippen molar-refractivity contribution < 1.29 is 19.1 Å². The summed E-state index contributed by atoms with van der Waals surface area (Å²) in [4.78, 5) is 28.5. The lowest BCUT2D eigenvalue weighted by atomic mass is 10.1. The molecule has 37 heavy (non-hydrogen) atoms. The van der Waals surface area contributed by atoms with Gasteiger partial charge in [-0.2, -0.15) is 5.26 Å². The molecule has 3 amide bonds. The van der Waals surface area contributed by atoms with Gasteiger partial charge in [-0.3, -0.25) is 10.1 Å². The van der Waals surface area contributed by atoms with E-state index in [0.717, 1.165) is 24.2 Å². The van der Waals surface area contributed by atoms with Crippen LogP contribution in [0.2, 0.25) is 5.02 Å². The van der Waals surface area contributed by atoms with Crippen LogP contribution in [0, 0.1) is 11.3 Å². The van der Waals surface area contributed by atoms with E-state index in [1.165, 1.54) is 12.3 Å². The fourth-order valence-electron chi connectivity index (χ4n) is 3.35. The van der Waals surface area contributed by atoms with Crippen LogP contribution in [-0.4, -0.2) is 37.2 Å². The molecular weight excluding hydrogens is 494 g/mol. The Bertz CT molecular complexity index is 1230. The van der Waals surface area contributed by atoms with E-state index in [4.69, 9.17) is 26.3 Å². The first-order valence-electron chi connectivity index (χ1n) is 11.7. The van der Waals surface area contributed by atoms with Crippen molar-refractivity contribution in [3.8, 4) is 17.6 Å². The molecule has 0 saturated carbocycles. The summed E-state index contributed by atoms with van der Waals surface area (Å²) in [5, 5.41) is 17.4. The van der Waals surface area contributed by atoms with Gasteiger partial charge in [0.05, 0.1) is 25.0 Å². The summed E-state index contributed by atoms with van der Waals surface area (Å²) in [6, 6.07) is 17.2. The van der Waals surface area contributed by atoms with Gasteiger partial charge in [0.25, 0.3) is 0 Å². The zero-order chi connectivity index (χ0) is 26.5. The van der Waals surface area contributed by atoms with Crippen molar-refractivity contribution in [2.24, 2.45) is 0 Å². The van der Waals surface area contributed by atoms with Crippen LogP contribution in [0.25, 0.3) is 0 Å². The van der Waals surface area contributed by atoms with Gasteiger partial charge in [0, 0.05) is 24.2 Å². The lowest BCUT2D eigenvalue weighted by Crippen LogP contribution is -2.25. The Balaban J connectivity index is 1.37. The van der Waals surface area contributed by atoms with Gasteiger partial charge in [-0.25, -0.2) is 9.78 Å². The number of hydrogen-bond donors (Lipinski definition) is 3. The number of ether oxygens (including phenoxy) is 2. The number of benzene rings is 2. The Morgan fingerprint density at radius 3 is 2.57 bits per heavy atom. The third-order valence-corrected chi connectivity index (χ3v) is 5.49. The van der Waals surface area contributed by atoms with Crippen LogP contribution in [0.15, 0.2) is 60.8 Å². The summed E-state index contributed by atoms with van der Waals surface area (Å²) in [6.07, 6.45) is 3.98. The first kappa shape index (κ1) is 27.3. The van der Waals surface area contributed by atoms with Crippen molar-refractivity contribution >= 4 is 35.0 Å². The number of carbonyl (C=O) groups is 2. The van der Waals surface area contributed by atoms with Crippen LogP contribution in [0.5, 0.6) is 11.5 Å². The number of rotatable bonds is 12. The molecule has 3 rings (SSSR count). The van der Waals surface area contributed by atoms with E-state index in [1.54, 1.807) is 31.4 Å². The van der Waals surface area contributed by atoms with Crippen LogP contribution < -0.4 is 25.4 Å². The zero-order valence-corrected chi connectivity index (χ0v) is 21.2. The maximum absolute atomic E-state index is 12.4. The van der Waals surface area contributed by atoms with Gasteiger partial charge in [0.15, 0.2) is 0 Å². The molecular formula is C27H28ClN5O4. The lowest BCUT2D eigenvalue weighted by molar-refractivity contribution is -0.121. The molecule has 0 radical (unpaired) electrons. The third kappa shape index (κ3) is 9.35. The maximum atomic E-state index is 12.4. The fraction of sp³-hybridized carbons (Fsp3) is 0.259. The predicted octanol–water partition coefficient (Wildman–Crippen LogP) is 5.17. The number of hydrogen-bond acceptors (Lipinski definition) is 6. The molecule has 3 N–H and O–H groups in total. The Labute approximate surface area is 220 Å². The van der Waals surface area contributed by atoms with Crippen molar-refractivity contribution in [3.63, 3.8) is 0 Å². The largest absolute Gasteiger partial charge is 0.497 e. The minimum Gasteiger partial charge on any atom is -0.497 e. The number of urea groups is 1. The van der Waals surface area contributed by atoms with Crippen molar-refractivity contribution in [1.82, 2.24) is 10.3 Å². The van der Waals surface area contributed by atoms with Gasteiger partial charge in [0.1, 0.15) is 23.4 Å². The molecule has 0 atom stereocenters. The molecule has 0 unspecified atom stereocenters. The molecule has 0 fully saturated rings. The van der Waals surface area contributed by atoms with Gasteiger partial charge < -0.3 is 20.1 Å². The van der Waals surface area contributed by atoms with Crippen LogP contribution in [0.1, 0.15) is 30.4 Å². The second-order valence-electron chi connectivity index (χ2n) is 8.02. The average Bonchev–Trinajstić information content (AvgIpc) is 2.90. The van der Waals surface area contributed by atoms with Gasteiger partial charge in [0.2, 0.25) is 5.91 Å². The first-order chi connectivity index (χ1) is 18.0. The number of aryl methyl sites for hydroxylation is 1. The summed E-state index contributed by atoms with van der Waals surface area (Å²) in [5.74, 6) is 1.54. The Kier molecular flexibility index (Phi) is 10.6. The highest BCUT2D eigenvalue weighted by molar-refractivity contribution is 6.31. The summed E-state index contributed by atoms with van der Waals surface area (Å²) in [7, 11) is 1.63. The van der Waals surface area contributed by atoms with Gasteiger partial charge in [-0.1, -0.05) is 23.7 Å². The standard InChI is InChI=1S/C27H28ClN5O4/c1-36-22-10-6-19(7-11-22)4-2-5-26(34)30-14-3-15-37-24-12-9-21(28)16-23(24)32-27(35)33-25-13-8-20(17-29)18-31-25/h6-13,16,18H,2-5,14-15H2,1H3,(H,30,34)(H2,31,32,33,35). The molecule has 0 bridgehead atoms. The van der Waals surface area contributed by atoms with Crippen LogP contribution >= 0.6 is 11.6 Å². The highest BCUT2D eigenvalue weighted by Gasteiger charge is 2.10. The number of halogens is 1. The molecule has 0 aliphatic carbocycles. The highest BCUT2D eigenvalue weighted by atomic mass is 35.5. The molecule has 0 saturated heterocycles. The topological polar surface area (TPSA) is 125 Å². The number of nitriles is 1. The number of nitrogens with one attached hydrogen (secondary N) is 3. The van der Waals surface area contributed by atoms with Crippen LogP contribution in [0.4, 0.5) is 16.3 Å². The smallest absolute Gasteiger partial charge is 0.324 e. The number of aromatic nitrogens is 1. The molecule has 0 aliphatic heterocycles. The minimum absolute atomic E-state index is 0.00422. The van der Waals surface area contributed by atoms with Gasteiger partial charge in [-0.05, 0) is 67.3 Å². The summed E-state index contributed by atoms with van der Waals surface area (Å²) >= 11 is 6.08. The van der Waals surface area contributed by atoms with E-state index in [2.05, 4.69) is 20.9 Å². The average molecular weight is 522 g/mol. The molecule has 9 nitrogen and oxygen atoms in total. The predicted molar refractivity (Wildman–Crippen MR) is 142 cm³/mol. The van der Waals surface area contributed by atoms with Crippen LogP contribution in [0.3, 0.4) is 0 Å². The number of nitrogens with zero attached hydrogens (tertiary/aromatic N) is 2. The van der Waals surface area contributed by atoms with Crippen molar-refractivity contribution in [1.29, 1.82) is 5.26 Å². The molecule has 3 aromatic rings. The normalized spacial score (nSPS) is 10.2. The Hall–Kier alpha value is -4.29. The number of methoxy groups -OCH3 is 1. The maximum Gasteiger partial charge on any atom is 0.324 e. The third-order valence-electron chi connectivity index (χ3n) is 5.25. The van der Waals surface area contributed by atoms with Crippen molar-refractivity contribution in [2.75, 3.05) is 30.9 Å². The van der Waals surface area contributed by atoms with Gasteiger partial charge in [-0.15, -0.1) is 0 Å². The molecule has 0 aliphatic rings. The van der Waals surface area contributed by atoms with E-state index in [0.29, 0.717) is 53.8 Å². The second kappa shape index (κ2) is 14.3. The van der Waals surface area contributed by atoms with Crippen molar-refractivity contribution in [3.05, 3.63) is 76.9 Å². The summed E-state index contributed by atoms with van der Waals surface area (Å²) in [6.45, 7) is 0.809. The number of amides is 3. The minimum atomic E-state index is -0.536. The molecule has 2 aromatic carbocycles. The monoisotopic (exact) mass is 521 g/mol. The molecule has 192 valence electrons. The molecule has 1 heterocycles. The van der Waals surface area contributed by atoms with E-state index in [-0.39, 0.29) is 5.91 Å². The van der Waals surface area contributed by atoms with E-state index >= 15 is 0 Å². The summed E-state index contributed by atoms with van der Waals surface area (Å²) < 4.78 is 10.9. The molecule has 1 aromatic heterocycles. The van der Waals surface area contributed by atoms with Gasteiger partial charge >= 0.3 is 6.03 Å². The number of anilines is 2. The van der Waals surface area contributed by atoms with Crippen LogP contribution in [-0.2, 0) is 11.2 Å². The quantitative estimate of drug-likeness (QED) is 0.282. The number of pyridine rings is 1. The van der Waals surface area contributed by atoms with E-state index in [9.17, 15) is 9.59 Å². The Morgan fingerprint density at radius 1 is 1.05 bits per heavy atom. The zero-order valence-electron chi connectivity index (χ0n) is 20.4. The second-order valence-corrected chi connectivity index (χ2v) is 8.45.